The molecule has 1 unspecified atom stereocenters. The Labute approximate surface area is 84.7 Å². The summed E-state index contributed by atoms with van der Waals surface area (Å²) in [6.45, 7) is 4.50. The molecule has 0 aliphatic heterocycles. The Balaban J connectivity index is 2.45. The fraction of sp³-hybridized carbons (Fsp3) is 0.900. The fourth-order valence-electron chi connectivity index (χ4n) is 1.42. The van der Waals surface area contributed by atoms with Gasteiger partial charge in [-0.2, -0.15) is 0 Å². The molecule has 2 N–H and O–H groups in total. The van der Waals surface area contributed by atoms with Crippen molar-refractivity contribution >= 4 is 5.97 Å². The summed E-state index contributed by atoms with van der Waals surface area (Å²) in [5.41, 5.74) is 5.64. The Morgan fingerprint density at radius 1 is 1.50 bits per heavy atom. The molecular formula is C10H19NO3. The summed E-state index contributed by atoms with van der Waals surface area (Å²) < 4.78 is 10.1. The topological polar surface area (TPSA) is 61.5 Å². The summed E-state index contributed by atoms with van der Waals surface area (Å²) >= 11 is 0. The molecule has 14 heavy (non-hydrogen) atoms. The van der Waals surface area contributed by atoms with E-state index in [1.807, 2.05) is 13.8 Å². The highest BCUT2D eigenvalue weighted by atomic mass is 16.5. The van der Waals surface area contributed by atoms with Crippen LogP contribution in [0.5, 0.6) is 0 Å². The third-order valence-electron chi connectivity index (χ3n) is 2.71. The van der Waals surface area contributed by atoms with E-state index in [4.69, 9.17) is 10.5 Å². The number of carbonyl (C=O) groups excluding carboxylic acids is 1. The molecule has 4 heteroatoms. The van der Waals surface area contributed by atoms with Gasteiger partial charge in [0.05, 0.1) is 19.8 Å². The van der Waals surface area contributed by atoms with Crippen LogP contribution in [0.4, 0.5) is 0 Å². The molecule has 1 rings (SSSR count). The highest BCUT2D eigenvalue weighted by molar-refractivity contribution is 5.77. The van der Waals surface area contributed by atoms with Crippen LogP contribution in [0.1, 0.15) is 26.7 Å². The Hall–Kier alpha value is -0.610. The second kappa shape index (κ2) is 4.28. The van der Waals surface area contributed by atoms with Crippen molar-refractivity contribution in [1.29, 1.82) is 0 Å². The number of hydrogen-bond donors (Lipinski definition) is 1. The first kappa shape index (κ1) is 11.5. The van der Waals surface area contributed by atoms with Crippen LogP contribution in [0, 0.1) is 5.41 Å². The highest BCUT2D eigenvalue weighted by Crippen LogP contribution is 2.48. The molecule has 0 saturated heterocycles. The molecule has 0 bridgehead atoms. The smallest absolute Gasteiger partial charge is 0.323 e. The summed E-state index contributed by atoms with van der Waals surface area (Å²) in [7, 11) is 1.36. The second-order valence-electron chi connectivity index (χ2n) is 4.22. The number of carbonyl (C=O) groups is 1. The maximum absolute atomic E-state index is 11.2. The molecule has 1 aliphatic rings. The average Bonchev–Trinajstić information content (AvgIpc) is 2.93. The largest absolute Gasteiger partial charge is 0.468 e. The van der Waals surface area contributed by atoms with E-state index in [9.17, 15) is 4.79 Å². The SMILES string of the molecule is COC(=O)C(N)C1(COC(C)C)CC1. The summed E-state index contributed by atoms with van der Waals surface area (Å²) in [6.07, 6.45) is 2.09. The van der Waals surface area contributed by atoms with E-state index in [1.165, 1.54) is 7.11 Å². The van der Waals surface area contributed by atoms with E-state index in [-0.39, 0.29) is 17.5 Å². The molecule has 1 saturated carbocycles. The summed E-state index contributed by atoms with van der Waals surface area (Å²) in [5.74, 6) is -0.338. The van der Waals surface area contributed by atoms with Crippen LogP contribution in [0.15, 0.2) is 0 Å². The molecule has 0 spiro atoms. The quantitative estimate of drug-likeness (QED) is 0.665. The van der Waals surface area contributed by atoms with Crippen molar-refractivity contribution < 1.29 is 14.3 Å². The first-order valence-corrected chi connectivity index (χ1v) is 4.97. The van der Waals surface area contributed by atoms with Crippen LogP contribution in [0.2, 0.25) is 0 Å². The zero-order chi connectivity index (χ0) is 10.8. The van der Waals surface area contributed by atoms with Gasteiger partial charge in [-0.25, -0.2) is 0 Å². The normalized spacial score (nSPS) is 20.6. The van der Waals surface area contributed by atoms with Crippen molar-refractivity contribution in [2.45, 2.75) is 38.8 Å². The minimum atomic E-state index is -0.536. The van der Waals surface area contributed by atoms with Gasteiger partial charge in [0.15, 0.2) is 0 Å². The molecule has 0 aromatic heterocycles. The lowest BCUT2D eigenvalue weighted by molar-refractivity contribution is -0.145. The Morgan fingerprint density at radius 3 is 2.43 bits per heavy atom. The number of methoxy groups -OCH3 is 1. The highest BCUT2D eigenvalue weighted by Gasteiger charge is 2.51. The van der Waals surface area contributed by atoms with Crippen molar-refractivity contribution in [3.63, 3.8) is 0 Å². The Morgan fingerprint density at radius 2 is 2.07 bits per heavy atom. The van der Waals surface area contributed by atoms with Crippen LogP contribution < -0.4 is 5.73 Å². The maximum atomic E-state index is 11.2. The van der Waals surface area contributed by atoms with Gasteiger partial charge in [0.2, 0.25) is 0 Å². The number of rotatable bonds is 5. The van der Waals surface area contributed by atoms with Crippen LogP contribution >= 0.6 is 0 Å². The minimum Gasteiger partial charge on any atom is -0.468 e. The van der Waals surface area contributed by atoms with Gasteiger partial charge in [-0.3, -0.25) is 4.79 Å². The monoisotopic (exact) mass is 201 g/mol. The lowest BCUT2D eigenvalue weighted by atomic mass is 9.98. The van der Waals surface area contributed by atoms with Gasteiger partial charge < -0.3 is 15.2 Å². The average molecular weight is 201 g/mol. The standard InChI is InChI=1S/C10H19NO3/c1-7(2)14-6-10(4-5-10)8(11)9(12)13-3/h7-8H,4-6,11H2,1-3H3. The zero-order valence-corrected chi connectivity index (χ0v) is 9.08. The van der Waals surface area contributed by atoms with Crippen molar-refractivity contribution in [1.82, 2.24) is 0 Å². The number of ether oxygens (including phenoxy) is 2. The molecule has 1 aliphatic carbocycles. The van der Waals surface area contributed by atoms with Crippen molar-refractivity contribution in [3.05, 3.63) is 0 Å². The van der Waals surface area contributed by atoms with Gasteiger partial charge in [-0.15, -0.1) is 0 Å². The van der Waals surface area contributed by atoms with E-state index < -0.39 is 6.04 Å². The van der Waals surface area contributed by atoms with Gasteiger partial charge in [0.25, 0.3) is 0 Å². The lowest BCUT2D eigenvalue weighted by Gasteiger charge is -2.22. The summed E-state index contributed by atoms with van der Waals surface area (Å²) in [6, 6.07) is -0.536. The minimum absolute atomic E-state index is 0.155. The van der Waals surface area contributed by atoms with E-state index in [1.54, 1.807) is 0 Å². The van der Waals surface area contributed by atoms with Gasteiger partial charge >= 0.3 is 5.97 Å². The molecule has 0 radical (unpaired) electrons. The third-order valence-corrected chi connectivity index (χ3v) is 2.71. The Kier molecular flexibility index (Phi) is 3.50. The Bertz CT molecular complexity index is 211. The number of nitrogens with two attached hydrogens (primary N) is 1. The van der Waals surface area contributed by atoms with Crippen LogP contribution in [0.25, 0.3) is 0 Å². The maximum Gasteiger partial charge on any atom is 0.323 e. The number of hydrogen-bond acceptors (Lipinski definition) is 4. The summed E-state index contributed by atoms with van der Waals surface area (Å²) in [5, 5.41) is 0. The van der Waals surface area contributed by atoms with E-state index in [2.05, 4.69) is 4.74 Å². The lowest BCUT2D eigenvalue weighted by Crippen LogP contribution is -2.43. The zero-order valence-electron chi connectivity index (χ0n) is 9.08. The molecule has 0 amide bonds. The van der Waals surface area contributed by atoms with Gasteiger partial charge in [0.1, 0.15) is 6.04 Å². The van der Waals surface area contributed by atoms with E-state index in [0.29, 0.717) is 6.61 Å². The molecule has 1 atom stereocenters. The van der Waals surface area contributed by atoms with Gasteiger partial charge in [-0.1, -0.05) is 0 Å². The van der Waals surface area contributed by atoms with E-state index >= 15 is 0 Å². The molecule has 1 fully saturated rings. The predicted molar refractivity (Wildman–Crippen MR) is 52.7 cm³/mol. The van der Waals surface area contributed by atoms with Crippen LogP contribution in [-0.4, -0.2) is 31.8 Å². The molecular weight excluding hydrogens is 182 g/mol. The molecule has 82 valence electrons. The molecule has 0 aromatic rings. The second-order valence-corrected chi connectivity index (χ2v) is 4.22. The first-order valence-electron chi connectivity index (χ1n) is 4.97. The third kappa shape index (κ3) is 2.45. The van der Waals surface area contributed by atoms with Crippen molar-refractivity contribution in [2.75, 3.05) is 13.7 Å². The molecule has 0 aromatic carbocycles. The van der Waals surface area contributed by atoms with E-state index in [0.717, 1.165) is 12.8 Å². The van der Waals surface area contributed by atoms with Crippen LogP contribution in [-0.2, 0) is 14.3 Å². The molecule has 4 nitrogen and oxygen atoms in total. The van der Waals surface area contributed by atoms with Crippen molar-refractivity contribution in [3.8, 4) is 0 Å². The van der Waals surface area contributed by atoms with Crippen molar-refractivity contribution in [2.24, 2.45) is 11.1 Å². The fourth-order valence-corrected chi connectivity index (χ4v) is 1.42. The first-order chi connectivity index (χ1) is 6.52. The summed E-state index contributed by atoms with van der Waals surface area (Å²) in [4.78, 5) is 11.2. The number of esters is 1. The van der Waals surface area contributed by atoms with Gasteiger partial charge in [0, 0.05) is 5.41 Å². The predicted octanol–water partition coefficient (Wildman–Crippen LogP) is 0.692. The van der Waals surface area contributed by atoms with Crippen LogP contribution in [0.3, 0.4) is 0 Å². The van der Waals surface area contributed by atoms with Gasteiger partial charge in [-0.05, 0) is 26.7 Å². The molecule has 0 heterocycles.